The van der Waals surface area contributed by atoms with E-state index in [2.05, 4.69) is 13.8 Å². The molecule has 0 aliphatic rings. The van der Waals surface area contributed by atoms with Crippen LogP contribution in [0.4, 0.5) is 4.79 Å². The molecular weight excluding hydrogens is 238 g/mol. The molecule has 0 spiro atoms. The molecule has 19 heavy (non-hydrogen) atoms. The van der Waals surface area contributed by atoms with Crippen LogP contribution in [0.25, 0.3) is 0 Å². The molecule has 0 rings (SSSR count). The average molecular weight is 271 g/mol. The van der Waals surface area contributed by atoms with Crippen molar-refractivity contribution >= 4 is 6.09 Å². The van der Waals surface area contributed by atoms with Gasteiger partial charge in [-0.15, -0.1) is 0 Å². The quantitative estimate of drug-likeness (QED) is 0.503. The number of amides is 1. The lowest BCUT2D eigenvalue weighted by atomic mass is 9.91. The van der Waals surface area contributed by atoms with Crippen LogP contribution in [0.1, 0.15) is 71.6 Å². The maximum absolute atomic E-state index is 11.3. The molecule has 0 aliphatic heterocycles. The molecule has 1 unspecified atom stereocenters. The average Bonchev–Trinajstić information content (AvgIpc) is 2.39. The molecule has 0 aromatic carbocycles. The second kappa shape index (κ2) is 12.3. The highest BCUT2D eigenvalue weighted by Gasteiger charge is 2.09. The number of hydrogen-bond acceptors (Lipinski definition) is 2. The van der Waals surface area contributed by atoms with Crippen molar-refractivity contribution in [2.75, 3.05) is 20.7 Å². The van der Waals surface area contributed by atoms with Gasteiger partial charge in [0.25, 0.3) is 0 Å². The molecule has 0 aromatic rings. The molecule has 0 aromatic heterocycles. The van der Waals surface area contributed by atoms with Crippen LogP contribution in [-0.4, -0.2) is 31.7 Å². The number of carbonyl (C=O) groups excluding carboxylic acids is 1. The Labute approximate surface area is 119 Å². The van der Waals surface area contributed by atoms with Crippen LogP contribution in [0.5, 0.6) is 0 Å². The normalized spacial score (nSPS) is 12.2. The van der Waals surface area contributed by atoms with Crippen LogP contribution >= 0.6 is 0 Å². The topological polar surface area (TPSA) is 29.5 Å². The lowest BCUT2D eigenvalue weighted by Crippen LogP contribution is -2.23. The standard InChI is InChI=1S/C16H33NO2/c1-5-7-9-12-15(11-8-6-2)13-10-14-19-16(18)17(3)4/h15H,5-14H2,1-4H3. The second-order valence-electron chi connectivity index (χ2n) is 5.66. The van der Waals surface area contributed by atoms with E-state index < -0.39 is 0 Å². The molecule has 0 fully saturated rings. The summed E-state index contributed by atoms with van der Waals surface area (Å²) in [4.78, 5) is 12.8. The van der Waals surface area contributed by atoms with E-state index >= 15 is 0 Å². The van der Waals surface area contributed by atoms with Gasteiger partial charge in [-0.25, -0.2) is 4.79 Å². The number of ether oxygens (including phenoxy) is 1. The summed E-state index contributed by atoms with van der Waals surface area (Å²) in [5.74, 6) is 0.824. The summed E-state index contributed by atoms with van der Waals surface area (Å²) in [6.45, 7) is 5.07. The SMILES string of the molecule is CCCCCC(CCCC)CCCOC(=O)N(C)C. The summed E-state index contributed by atoms with van der Waals surface area (Å²) in [6, 6.07) is 0. The van der Waals surface area contributed by atoms with Gasteiger partial charge in [0.05, 0.1) is 6.61 Å². The van der Waals surface area contributed by atoms with Gasteiger partial charge in [-0.05, 0) is 18.8 Å². The second-order valence-corrected chi connectivity index (χ2v) is 5.66. The summed E-state index contributed by atoms with van der Waals surface area (Å²) in [5.41, 5.74) is 0. The lowest BCUT2D eigenvalue weighted by Gasteiger charge is -2.17. The van der Waals surface area contributed by atoms with Crippen molar-refractivity contribution in [3.63, 3.8) is 0 Å². The van der Waals surface area contributed by atoms with Crippen molar-refractivity contribution in [1.82, 2.24) is 4.90 Å². The number of hydrogen-bond donors (Lipinski definition) is 0. The Morgan fingerprint density at radius 1 is 0.947 bits per heavy atom. The summed E-state index contributed by atoms with van der Waals surface area (Å²) in [5, 5.41) is 0. The van der Waals surface area contributed by atoms with E-state index in [4.69, 9.17) is 4.74 Å². The molecule has 0 aliphatic carbocycles. The predicted octanol–water partition coefficient (Wildman–Crippen LogP) is 4.85. The molecule has 3 heteroatoms. The zero-order valence-corrected chi connectivity index (χ0v) is 13.4. The van der Waals surface area contributed by atoms with Crippen LogP contribution in [-0.2, 0) is 4.74 Å². The third-order valence-electron chi connectivity index (χ3n) is 3.53. The Hall–Kier alpha value is -0.730. The van der Waals surface area contributed by atoms with Crippen LogP contribution in [0.15, 0.2) is 0 Å². The Kier molecular flexibility index (Phi) is 11.8. The van der Waals surface area contributed by atoms with Gasteiger partial charge in [-0.2, -0.15) is 0 Å². The highest BCUT2D eigenvalue weighted by molar-refractivity contribution is 5.66. The minimum absolute atomic E-state index is 0.226. The van der Waals surface area contributed by atoms with E-state index in [9.17, 15) is 4.79 Å². The third kappa shape index (κ3) is 10.8. The molecule has 0 saturated heterocycles. The zero-order chi connectivity index (χ0) is 14.5. The molecule has 0 heterocycles. The van der Waals surface area contributed by atoms with Crippen LogP contribution in [0, 0.1) is 5.92 Å². The van der Waals surface area contributed by atoms with Crippen molar-refractivity contribution in [2.45, 2.75) is 71.6 Å². The van der Waals surface area contributed by atoms with Gasteiger partial charge in [-0.1, -0.05) is 58.8 Å². The molecule has 1 amide bonds. The van der Waals surface area contributed by atoms with Gasteiger partial charge in [0, 0.05) is 14.1 Å². The van der Waals surface area contributed by atoms with Crippen molar-refractivity contribution in [3.05, 3.63) is 0 Å². The Bertz CT molecular complexity index is 217. The van der Waals surface area contributed by atoms with Gasteiger partial charge in [0.15, 0.2) is 0 Å². The van der Waals surface area contributed by atoms with E-state index in [-0.39, 0.29) is 6.09 Å². The Balaban J connectivity index is 3.74. The Morgan fingerprint density at radius 3 is 2.11 bits per heavy atom. The van der Waals surface area contributed by atoms with Gasteiger partial charge in [-0.3, -0.25) is 0 Å². The summed E-state index contributed by atoms with van der Waals surface area (Å²) in [6.07, 6.45) is 11.2. The van der Waals surface area contributed by atoms with E-state index in [1.807, 2.05) is 0 Å². The fourth-order valence-corrected chi connectivity index (χ4v) is 2.27. The van der Waals surface area contributed by atoms with Gasteiger partial charge in [0.2, 0.25) is 0 Å². The first-order valence-electron chi connectivity index (χ1n) is 7.95. The first-order chi connectivity index (χ1) is 9.11. The first-order valence-corrected chi connectivity index (χ1v) is 7.95. The van der Waals surface area contributed by atoms with Crippen LogP contribution < -0.4 is 0 Å². The molecule has 0 radical (unpaired) electrons. The molecule has 0 saturated carbocycles. The third-order valence-corrected chi connectivity index (χ3v) is 3.53. The summed E-state index contributed by atoms with van der Waals surface area (Å²) in [7, 11) is 3.44. The summed E-state index contributed by atoms with van der Waals surface area (Å²) < 4.78 is 5.17. The maximum Gasteiger partial charge on any atom is 0.409 e. The predicted molar refractivity (Wildman–Crippen MR) is 81.4 cm³/mol. The summed E-state index contributed by atoms with van der Waals surface area (Å²) >= 11 is 0. The number of rotatable bonds is 11. The minimum atomic E-state index is -0.226. The largest absolute Gasteiger partial charge is 0.449 e. The van der Waals surface area contributed by atoms with Gasteiger partial charge >= 0.3 is 6.09 Å². The zero-order valence-electron chi connectivity index (χ0n) is 13.4. The molecule has 0 bridgehead atoms. The smallest absolute Gasteiger partial charge is 0.409 e. The van der Waals surface area contributed by atoms with Crippen molar-refractivity contribution in [3.8, 4) is 0 Å². The number of carbonyl (C=O) groups is 1. The van der Waals surface area contributed by atoms with Crippen LogP contribution in [0.2, 0.25) is 0 Å². The monoisotopic (exact) mass is 271 g/mol. The molecule has 114 valence electrons. The van der Waals surface area contributed by atoms with E-state index in [1.54, 1.807) is 14.1 Å². The highest BCUT2D eigenvalue weighted by Crippen LogP contribution is 2.21. The van der Waals surface area contributed by atoms with Crippen LogP contribution in [0.3, 0.4) is 0 Å². The number of unbranched alkanes of at least 4 members (excludes halogenated alkanes) is 3. The molecular formula is C16H33NO2. The van der Waals surface area contributed by atoms with E-state index in [0.29, 0.717) is 6.61 Å². The fourth-order valence-electron chi connectivity index (χ4n) is 2.27. The lowest BCUT2D eigenvalue weighted by molar-refractivity contribution is 0.114. The van der Waals surface area contributed by atoms with E-state index in [0.717, 1.165) is 12.3 Å². The molecule has 1 atom stereocenters. The Morgan fingerprint density at radius 2 is 1.53 bits per heavy atom. The highest BCUT2D eigenvalue weighted by atomic mass is 16.6. The van der Waals surface area contributed by atoms with Crippen molar-refractivity contribution in [2.24, 2.45) is 5.92 Å². The van der Waals surface area contributed by atoms with Gasteiger partial charge in [0.1, 0.15) is 0 Å². The maximum atomic E-state index is 11.3. The molecule has 0 N–H and O–H groups in total. The fraction of sp³-hybridized carbons (Fsp3) is 0.938. The van der Waals surface area contributed by atoms with E-state index in [1.165, 1.54) is 56.3 Å². The van der Waals surface area contributed by atoms with Crippen molar-refractivity contribution < 1.29 is 9.53 Å². The number of nitrogens with zero attached hydrogens (tertiary/aromatic N) is 1. The van der Waals surface area contributed by atoms with Crippen molar-refractivity contribution in [1.29, 1.82) is 0 Å². The first kappa shape index (κ1) is 18.3. The molecule has 3 nitrogen and oxygen atoms in total. The van der Waals surface area contributed by atoms with Gasteiger partial charge < -0.3 is 9.64 Å². The minimum Gasteiger partial charge on any atom is -0.449 e.